The van der Waals surface area contributed by atoms with E-state index in [4.69, 9.17) is 5.11 Å². The standard InChI is InChI=1S/C9H19NO2/c1-7(8-3-4-8)10(2)5-9(12)6-11/h7-9,11-12H,3-6H2,1-2H3. The van der Waals surface area contributed by atoms with Crippen LogP contribution in [0, 0.1) is 5.92 Å². The summed E-state index contributed by atoms with van der Waals surface area (Å²) in [6, 6.07) is 0.547. The van der Waals surface area contributed by atoms with Gasteiger partial charge in [-0.1, -0.05) is 0 Å². The van der Waals surface area contributed by atoms with Crippen LogP contribution in [-0.2, 0) is 0 Å². The van der Waals surface area contributed by atoms with Gasteiger partial charge < -0.3 is 15.1 Å². The van der Waals surface area contributed by atoms with Crippen molar-refractivity contribution in [3.63, 3.8) is 0 Å². The van der Waals surface area contributed by atoms with Crippen LogP contribution in [0.15, 0.2) is 0 Å². The quantitative estimate of drug-likeness (QED) is 0.618. The van der Waals surface area contributed by atoms with Crippen LogP contribution < -0.4 is 0 Å². The number of nitrogens with zero attached hydrogens (tertiary/aromatic N) is 1. The Kier molecular flexibility index (Phi) is 3.50. The number of likely N-dealkylation sites (N-methyl/N-ethyl adjacent to an activating group) is 1. The van der Waals surface area contributed by atoms with Crippen molar-refractivity contribution in [1.82, 2.24) is 4.90 Å². The monoisotopic (exact) mass is 173 g/mol. The molecule has 12 heavy (non-hydrogen) atoms. The number of hydrogen-bond acceptors (Lipinski definition) is 3. The molecule has 0 aromatic heterocycles. The lowest BCUT2D eigenvalue weighted by Gasteiger charge is -2.26. The number of aliphatic hydroxyl groups is 2. The smallest absolute Gasteiger partial charge is 0.0897 e. The van der Waals surface area contributed by atoms with E-state index in [0.29, 0.717) is 12.6 Å². The van der Waals surface area contributed by atoms with Gasteiger partial charge in [0.15, 0.2) is 0 Å². The molecule has 2 N–H and O–H groups in total. The fraction of sp³-hybridized carbons (Fsp3) is 1.00. The molecule has 1 fully saturated rings. The van der Waals surface area contributed by atoms with Crippen LogP contribution in [0.5, 0.6) is 0 Å². The Balaban J connectivity index is 2.21. The summed E-state index contributed by atoms with van der Waals surface area (Å²) in [5, 5.41) is 17.8. The predicted molar refractivity (Wildman–Crippen MR) is 47.9 cm³/mol. The van der Waals surface area contributed by atoms with Gasteiger partial charge in [-0.3, -0.25) is 0 Å². The highest BCUT2D eigenvalue weighted by Gasteiger charge is 2.30. The molecule has 0 spiro atoms. The van der Waals surface area contributed by atoms with Gasteiger partial charge in [0.05, 0.1) is 12.7 Å². The molecule has 1 aliphatic rings. The van der Waals surface area contributed by atoms with E-state index in [1.165, 1.54) is 12.8 Å². The molecule has 0 aromatic rings. The van der Waals surface area contributed by atoms with Crippen LogP contribution in [0.25, 0.3) is 0 Å². The van der Waals surface area contributed by atoms with Gasteiger partial charge in [-0.25, -0.2) is 0 Å². The summed E-state index contributed by atoms with van der Waals surface area (Å²) in [6.07, 6.45) is 2.05. The summed E-state index contributed by atoms with van der Waals surface area (Å²) in [7, 11) is 2.00. The highest BCUT2D eigenvalue weighted by molar-refractivity contribution is 4.84. The van der Waals surface area contributed by atoms with Crippen molar-refractivity contribution < 1.29 is 10.2 Å². The van der Waals surface area contributed by atoms with Gasteiger partial charge >= 0.3 is 0 Å². The molecule has 3 nitrogen and oxygen atoms in total. The van der Waals surface area contributed by atoms with Gasteiger partial charge in [0, 0.05) is 12.6 Å². The first-order valence-electron chi connectivity index (χ1n) is 4.64. The zero-order valence-corrected chi connectivity index (χ0v) is 7.90. The fourth-order valence-electron chi connectivity index (χ4n) is 1.49. The Morgan fingerprint density at radius 2 is 2.08 bits per heavy atom. The minimum atomic E-state index is -0.587. The molecule has 1 aliphatic carbocycles. The average molecular weight is 173 g/mol. The van der Waals surface area contributed by atoms with Gasteiger partial charge in [0.25, 0.3) is 0 Å². The van der Waals surface area contributed by atoms with E-state index in [1.807, 2.05) is 7.05 Å². The average Bonchev–Trinajstić information content (AvgIpc) is 2.85. The van der Waals surface area contributed by atoms with Crippen molar-refractivity contribution >= 4 is 0 Å². The molecule has 2 atom stereocenters. The van der Waals surface area contributed by atoms with Crippen LogP contribution in [-0.4, -0.2) is 47.5 Å². The van der Waals surface area contributed by atoms with Crippen molar-refractivity contribution in [3.05, 3.63) is 0 Å². The molecule has 1 rings (SSSR count). The van der Waals surface area contributed by atoms with E-state index >= 15 is 0 Å². The van der Waals surface area contributed by atoms with Crippen LogP contribution in [0.2, 0.25) is 0 Å². The molecule has 2 unspecified atom stereocenters. The van der Waals surface area contributed by atoms with E-state index in [9.17, 15) is 5.11 Å². The first-order valence-corrected chi connectivity index (χ1v) is 4.64. The van der Waals surface area contributed by atoms with Gasteiger partial charge in [-0.15, -0.1) is 0 Å². The number of hydrogen-bond donors (Lipinski definition) is 2. The normalized spacial score (nSPS) is 22.8. The van der Waals surface area contributed by atoms with Crippen LogP contribution in [0.1, 0.15) is 19.8 Å². The maximum Gasteiger partial charge on any atom is 0.0897 e. The van der Waals surface area contributed by atoms with Crippen molar-refractivity contribution in [1.29, 1.82) is 0 Å². The molecule has 0 heterocycles. The molecular weight excluding hydrogens is 154 g/mol. The zero-order chi connectivity index (χ0) is 9.14. The highest BCUT2D eigenvalue weighted by atomic mass is 16.3. The highest BCUT2D eigenvalue weighted by Crippen LogP contribution is 2.34. The van der Waals surface area contributed by atoms with Crippen LogP contribution in [0.4, 0.5) is 0 Å². The fourth-order valence-corrected chi connectivity index (χ4v) is 1.49. The third kappa shape index (κ3) is 2.73. The maximum atomic E-state index is 9.19. The Bertz CT molecular complexity index is 136. The molecule has 0 saturated heterocycles. The Hall–Kier alpha value is -0.120. The van der Waals surface area contributed by atoms with Gasteiger partial charge in [-0.05, 0) is 32.7 Å². The molecule has 0 aromatic carbocycles. The summed E-state index contributed by atoms with van der Waals surface area (Å²) in [5.74, 6) is 0.820. The lowest BCUT2D eigenvalue weighted by molar-refractivity contribution is 0.0538. The largest absolute Gasteiger partial charge is 0.394 e. The van der Waals surface area contributed by atoms with E-state index in [0.717, 1.165) is 5.92 Å². The summed E-state index contributed by atoms with van der Waals surface area (Å²) in [6.45, 7) is 2.62. The lowest BCUT2D eigenvalue weighted by Crippen LogP contribution is -2.38. The molecule has 72 valence electrons. The van der Waals surface area contributed by atoms with Crippen molar-refractivity contribution in [2.45, 2.75) is 31.9 Å². The Labute approximate surface area is 74.0 Å². The molecule has 3 heteroatoms. The van der Waals surface area contributed by atoms with E-state index < -0.39 is 6.10 Å². The molecular formula is C9H19NO2. The van der Waals surface area contributed by atoms with Crippen molar-refractivity contribution in [2.75, 3.05) is 20.2 Å². The third-order valence-corrected chi connectivity index (χ3v) is 2.71. The second-order valence-corrected chi connectivity index (χ2v) is 3.85. The summed E-state index contributed by atoms with van der Waals surface area (Å²) < 4.78 is 0. The Morgan fingerprint density at radius 3 is 2.50 bits per heavy atom. The molecule has 1 saturated carbocycles. The molecule has 0 bridgehead atoms. The lowest BCUT2D eigenvalue weighted by atomic mass is 10.2. The van der Waals surface area contributed by atoms with Crippen LogP contribution in [0.3, 0.4) is 0 Å². The first-order chi connectivity index (χ1) is 5.65. The first kappa shape index (κ1) is 9.96. The van der Waals surface area contributed by atoms with E-state index in [-0.39, 0.29) is 6.61 Å². The minimum absolute atomic E-state index is 0.137. The number of aliphatic hydroxyl groups excluding tert-OH is 2. The van der Waals surface area contributed by atoms with Gasteiger partial charge in [0.1, 0.15) is 0 Å². The van der Waals surface area contributed by atoms with Crippen LogP contribution >= 0.6 is 0 Å². The van der Waals surface area contributed by atoms with Gasteiger partial charge in [0.2, 0.25) is 0 Å². The molecule has 0 radical (unpaired) electrons. The molecule has 0 amide bonds. The summed E-state index contributed by atoms with van der Waals surface area (Å²) >= 11 is 0. The predicted octanol–water partition coefficient (Wildman–Crippen LogP) is 0.0699. The van der Waals surface area contributed by atoms with Crippen molar-refractivity contribution in [2.24, 2.45) is 5.92 Å². The topological polar surface area (TPSA) is 43.7 Å². The third-order valence-electron chi connectivity index (χ3n) is 2.71. The second-order valence-electron chi connectivity index (χ2n) is 3.85. The molecule has 0 aliphatic heterocycles. The summed E-state index contributed by atoms with van der Waals surface area (Å²) in [4.78, 5) is 2.12. The summed E-state index contributed by atoms with van der Waals surface area (Å²) in [5.41, 5.74) is 0. The minimum Gasteiger partial charge on any atom is -0.394 e. The van der Waals surface area contributed by atoms with Gasteiger partial charge in [-0.2, -0.15) is 0 Å². The second kappa shape index (κ2) is 4.21. The van der Waals surface area contributed by atoms with E-state index in [2.05, 4.69) is 11.8 Å². The van der Waals surface area contributed by atoms with E-state index in [1.54, 1.807) is 0 Å². The number of rotatable bonds is 5. The maximum absolute atomic E-state index is 9.19. The zero-order valence-electron chi connectivity index (χ0n) is 7.90. The SMILES string of the molecule is CC(C1CC1)N(C)CC(O)CO. The Morgan fingerprint density at radius 1 is 1.50 bits per heavy atom. The van der Waals surface area contributed by atoms with Crippen molar-refractivity contribution in [3.8, 4) is 0 Å².